The second-order valence-corrected chi connectivity index (χ2v) is 7.49. The standard InChI is InChI=1S/C16H28N2O3/c1-16(2,6-5-14(19)20)7-8-17-15(21)18-13-10-11-3-4-12(13)9-11/h11-13H,3-10H2,1-2H3,(H,19,20)(H2,17,18,21). The number of fused-ring (bicyclic) bond motifs is 2. The van der Waals surface area contributed by atoms with Crippen LogP contribution in [0.1, 0.15) is 58.8 Å². The Balaban J connectivity index is 1.61. The van der Waals surface area contributed by atoms with Crippen molar-refractivity contribution in [2.45, 2.75) is 64.8 Å². The van der Waals surface area contributed by atoms with Crippen LogP contribution in [0.15, 0.2) is 0 Å². The summed E-state index contributed by atoms with van der Waals surface area (Å²) in [4.78, 5) is 22.5. The van der Waals surface area contributed by atoms with Crippen LogP contribution in [0.3, 0.4) is 0 Å². The Kier molecular flexibility index (Phi) is 5.12. The van der Waals surface area contributed by atoms with Crippen LogP contribution >= 0.6 is 0 Å². The number of urea groups is 1. The molecule has 2 rings (SSSR count). The van der Waals surface area contributed by atoms with Gasteiger partial charge in [-0.25, -0.2) is 4.79 Å². The fourth-order valence-corrected chi connectivity index (χ4v) is 3.73. The normalized spacial score (nSPS) is 27.6. The smallest absolute Gasteiger partial charge is 0.315 e. The lowest BCUT2D eigenvalue weighted by molar-refractivity contribution is -0.137. The lowest BCUT2D eigenvalue weighted by atomic mass is 9.84. The van der Waals surface area contributed by atoms with E-state index in [1.807, 2.05) is 13.8 Å². The number of hydrogen-bond acceptors (Lipinski definition) is 2. The lowest BCUT2D eigenvalue weighted by Gasteiger charge is -2.25. The molecule has 0 aromatic rings. The van der Waals surface area contributed by atoms with Crippen molar-refractivity contribution in [3.63, 3.8) is 0 Å². The molecule has 0 heterocycles. The highest BCUT2D eigenvalue weighted by molar-refractivity contribution is 5.74. The maximum atomic E-state index is 11.9. The summed E-state index contributed by atoms with van der Waals surface area (Å²) in [5, 5.41) is 14.7. The SMILES string of the molecule is CC(C)(CCNC(=O)NC1CC2CCC1C2)CCC(=O)O. The predicted octanol–water partition coefficient (Wildman–Crippen LogP) is 2.76. The summed E-state index contributed by atoms with van der Waals surface area (Å²) in [7, 11) is 0. The molecule has 3 N–H and O–H groups in total. The zero-order chi connectivity index (χ0) is 15.5. The van der Waals surface area contributed by atoms with Crippen molar-refractivity contribution in [3.8, 4) is 0 Å². The summed E-state index contributed by atoms with van der Waals surface area (Å²) in [5.41, 5.74) is -0.0574. The van der Waals surface area contributed by atoms with Gasteiger partial charge < -0.3 is 15.7 Å². The van der Waals surface area contributed by atoms with E-state index in [1.54, 1.807) is 0 Å². The molecule has 21 heavy (non-hydrogen) atoms. The van der Waals surface area contributed by atoms with Gasteiger partial charge in [-0.1, -0.05) is 20.3 Å². The van der Waals surface area contributed by atoms with Crippen LogP contribution < -0.4 is 10.6 Å². The first kappa shape index (κ1) is 16.1. The highest BCUT2D eigenvalue weighted by atomic mass is 16.4. The van der Waals surface area contributed by atoms with Gasteiger partial charge in [-0.05, 0) is 49.4 Å². The van der Waals surface area contributed by atoms with Gasteiger partial charge in [-0.2, -0.15) is 0 Å². The van der Waals surface area contributed by atoms with E-state index in [-0.39, 0.29) is 17.9 Å². The Morgan fingerprint density at radius 3 is 2.52 bits per heavy atom. The number of aliphatic carboxylic acids is 1. The van der Waals surface area contributed by atoms with Gasteiger partial charge in [0.1, 0.15) is 0 Å². The molecular formula is C16H28N2O3. The Morgan fingerprint density at radius 1 is 1.19 bits per heavy atom. The molecule has 2 amide bonds. The highest BCUT2D eigenvalue weighted by Gasteiger charge is 2.40. The quantitative estimate of drug-likeness (QED) is 0.676. The first-order chi connectivity index (χ1) is 9.85. The van der Waals surface area contributed by atoms with Crippen LogP contribution in [-0.2, 0) is 4.79 Å². The van der Waals surface area contributed by atoms with E-state index in [0.29, 0.717) is 24.9 Å². The summed E-state index contributed by atoms with van der Waals surface area (Å²) >= 11 is 0. The second-order valence-electron chi connectivity index (χ2n) is 7.49. The number of carboxylic acids is 1. The molecule has 2 fully saturated rings. The van der Waals surface area contributed by atoms with E-state index in [2.05, 4.69) is 10.6 Å². The van der Waals surface area contributed by atoms with Gasteiger partial charge in [0.2, 0.25) is 0 Å². The maximum Gasteiger partial charge on any atom is 0.315 e. The van der Waals surface area contributed by atoms with Crippen molar-refractivity contribution in [2.75, 3.05) is 6.54 Å². The minimum atomic E-state index is -0.759. The van der Waals surface area contributed by atoms with Crippen LogP contribution in [0.2, 0.25) is 0 Å². The van der Waals surface area contributed by atoms with Gasteiger partial charge in [-0.15, -0.1) is 0 Å². The van der Waals surface area contributed by atoms with Crippen LogP contribution in [0.4, 0.5) is 4.79 Å². The molecule has 0 aromatic heterocycles. The molecule has 120 valence electrons. The van der Waals surface area contributed by atoms with Crippen LogP contribution in [0.25, 0.3) is 0 Å². The molecule has 0 aliphatic heterocycles. The van der Waals surface area contributed by atoms with Gasteiger partial charge in [0.15, 0.2) is 0 Å². The Morgan fingerprint density at radius 2 is 1.95 bits per heavy atom. The van der Waals surface area contributed by atoms with Gasteiger partial charge >= 0.3 is 12.0 Å². The number of nitrogens with one attached hydrogen (secondary N) is 2. The summed E-state index contributed by atoms with van der Waals surface area (Å²) in [6.45, 7) is 4.69. The van der Waals surface area contributed by atoms with Crippen molar-refractivity contribution in [1.29, 1.82) is 0 Å². The zero-order valence-electron chi connectivity index (χ0n) is 13.2. The van der Waals surface area contributed by atoms with Gasteiger partial charge in [0, 0.05) is 19.0 Å². The monoisotopic (exact) mass is 296 g/mol. The molecule has 5 heteroatoms. The zero-order valence-corrected chi connectivity index (χ0v) is 13.2. The minimum absolute atomic E-state index is 0.0574. The minimum Gasteiger partial charge on any atom is -0.481 e. The third kappa shape index (κ3) is 4.90. The molecule has 2 bridgehead atoms. The van der Waals surface area contributed by atoms with Gasteiger partial charge in [0.05, 0.1) is 0 Å². The average molecular weight is 296 g/mol. The number of hydrogen-bond donors (Lipinski definition) is 3. The summed E-state index contributed by atoms with van der Waals surface area (Å²) in [5.74, 6) is 0.757. The summed E-state index contributed by atoms with van der Waals surface area (Å²) in [6, 6.07) is 0.297. The number of carboxylic acid groups (broad SMARTS) is 1. The van der Waals surface area contributed by atoms with Crippen LogP contribution in [0.5, 0.6) is 0 Å². The molecule has 3 unspecified atom stereocenters. The average Bonchev–Trinajstić information content (AvgIpc) is 2.98. The number of amides is 2. The molecule has 0 radical (unpaired) electrons. The second kappa shape index (κ2) is 6.67. The molecule has 0 spiro atoms. The van der Waals surface area contributed by atoms with Crippen molar-refractivity contribution < 1.29 is 14.7 Å². The Labute approximate surface area is 126 Å². The molecule has 3 atom stereocenters. The fraction of sp³-hybridized carbons (Fsp3) is 0.875. The van der Waals surface area contributed by atoms with E-state index in [1.165, 1.54) is 19.3 Å². The largest absolute Gasteiger partial charge is 0.481 e. The Bertz CT molecular complexity index is 395. The molecule has 2 aliphatic carbocycles. The topological polar surface area (TPSA) is 78.4 Å². The maximum absolute atomic E-state index is 11.9. The van der Waals surface area contributed by atoms with Crippen molar-refractivity contribution in [3.05, 3.63) is 0 Å². The first-order valence-corrected chi connectivity index (χ1v) is 8.12. The van der Waals surface area contributed by atoms with Crippen molar-refractivity contribution in [1.82, 2.24) is 10.6 Å². The number of rotatable bonds is 7. The summed E-state index contributed by atoms with van der Waals surface area (Å²) < 4.78 is 0. The molecule has 0 saturated heterocycles. The van der Waals surface area contributed by atoms with E-state index in [9.17, 15) is 9.59 Å². The molecule has 2 saturated carbocycles. The summed E-state index contributed by atoms with van der Waals surface area (Å²) in [6.07, 6.45) is 6.64. The van der Waals surface area contributed by atoms with Crippen molar-refractivity contribution in [2.24, 2.45) is 17.3 Å². The number of carbonyl (C=O) groups excluding carboxylic acids is 1. The van der Waals surface area contributed by atoms with Crippen molar-refractivity contribution >= 4 is 12.0 Å². The molecule has 0 aromatic carbocycles. The predicted molar refractivity (Wildman–Crippen MR) is 81.0 cm³/mol. The Hall–Kier alpha value is -1.26. The van der Waals surface area contributed by atoms with Gasteiger partial charge in [0.25, 0.3) is 0 Å². The third-order valence-corrected chi connectivity index (χ3v) is 5.16. The lowest BCUT2D eigenvalue weighted by Crippen LogP contribution is -2.45. The molecular weight excluding hydrogens is 268 g/mol. The van der Waals surface area contributed by atoms with Crippen LogP contribution in [0, 0.1) is 17.3 Å². The van der Waals surface area contributed by atoms with E-state index in [4.69, 9.17) is 5.11 Å². The van der Waals surface area contributed by atoms with Crippen LogP contribution in [-0.4, -0.2) is 29.7 Å². The van der Waals surface area contributed by atoms with E-state index < -0.39 is 5.97 Å². The number of carbonyl (C=O) groups is 2. The molecule has 2 aliphatic rings. The van der Waals surface area contributed by atoms with Gasteiger partial charge in [-0.3, -0.25) is 4.79 Å². The third-order valence-electron chi connectivity index (χ3n) is 5.16. The van der Waals surface area contributed by atoms with E-state index >= 15 is 0 Å². The molecule has 5 nitrogen and oxygen atoms in total. The highest BCUT2D eigenvalue weighted by Crippen LogP contribution is 2.44. The fourth-order valence-electron chi connectivity index (χ4n) is 3.73. The van der Waals surface area contributed by atoms with E-state index in [0.717, 1.165) is 18.8 Å². The first-order valence-electron chi connectivity index (χ1n) is 8.12.